The molecule has 0 saturated heterocycles. The maximum Gasteiger partial charge on any atom is 0.261 e. The molecule has 1 atom stereocenters. The molecular weight excluding hydrogens is 320 g/mol. The number of aryl methyl sites for hydroxylation is 1. The van der Waals surface area contributed by atoms with Crippen molar-refractivity contribution < 1.29 is 14.3 Å². The van der Waals surface area contributed by atoms with Gasteiger partial charge in [0.1, 0.15) is 18.8 Å². The van der Waals surface area contributed by atoms with Gasteiger partial charge in [0, 0.05) is 17.4 Å². The fourth-order valence-electron chi connectivity index (χ4n) is 3.37. The van der Waals surface area contributed by atoms with Gasteiger partial charge in [-0.05, 0) is 48.9 Å². The van der Waals surface area contributed by atoms with E-state index < -0.39 is 5.91 Å². The number of carbonyl (C=O) groups excluding carboxylic acids is 1. The first-order valence-corrected chi connectivity index (χ1v) is 8.56. The summed E-state index contributed by atoms with van der Waals surface area (Å²) in [7, 11) is 0. The Morgan fingerprint density at radius 2 is 2.00 bits per heavy atom. The summed E-state index contributed by atoms with van der Waals surface area (Å²) in [6.07, 6.45) is 2.80. The number of rotatable bonds is 2. The summed E-state index contributed by atoms with van der Waals surface area (Å²) in [5, 5.41) is 2.77. The van der Waals surface area contributed by atoms with Gasteiger partial charge in [-0.25, -0.2) is 0 Å². The second kappa shape index (κ2) is 6.27. The van der Waals surface area contributed by atoms with E-state index in [1.165, 1.54) is 0 Å². The van der Waals surface area contributed by atoms with Crippen LogP contribution in [0.3, 0.4) is 0 Å². The highest BCUT2D eigenvalue weighted by Gasteiger charge is 2.20. The molecule has 2 aliphatic rings. The number of ether oxygens (including phenoxy) is 2. The molecule has 2 aromatic rings. The van der Waals surface area contributed by atoms with E-state index in [1.54, 1.807) is 24.3 Å². The fraction of sp³-hybridized carbons (Fsp3) is 0.368. The average Bonchev–Trinajstić information content (AvgIpc) is 2.61. The maximum absolute atomic E-state index is 12.6. The first-order valence-electron chi connectivity index (χ1n) is 8.56. The van der Waals surface area contributed by atoms with Crippen LogP contribution in [-0.2, 0) is 12.8 Å². The number of aromatic amines is 1. The number of nitrogens with one attached hydrogen (secondary N) is 2. The lowest BCUT2D eigenvalue weighted by atomic mass is 9.87. The molecule has 2 N–H and O–H groups in total. The third kappa shape index (κ3) is 3.12. The third-order valence-corrected chi connectivity index (χ3v) is 4.72. The number of hydrogen-bond donors (Lipinski definition) is 2. The van der Waals surface area contributed by atoms with E-state index in [0.29, 0.717) is 36.3 Å². The van der Waals surface area contributed by atoms with Gasteiger partial charge in [0.05, 0.1) is 0 Å². The first-order chi connectivity index (χ1) is 12.1. The lowest BCUT2D eigenvalue weighted by molar-refractivity contribution is 0.102. The quantitative estimate of drug-likeness (QED) is 0.880. The van der Waals surface area contributed by atoms with Crippen molar-refractivity contribution in [1.82, 2.24) is 4.98 Å². The summed E-state index contributed by atoms with van der Waals surface area (Å²) in [6.45, 7) is 3.18. The third-order valence-electron chi connectivity index (χ3n) is 4.72. The van der Waals surface area contributed by atoms with Gasteiger partial charge >= 0.3 is 0 Å². The van der Waals surface area contributed by atoms with Crippen LogP contribution in [0.5, 0.6) is 11.5 Å². The highest BCUT2D eigenvalue weighted by molar-refractivity contribution is 6.04. The molecule has 1 aromatic heterocycles. The summed E-state index contributed by atoms with van der Waals surface area (Å²) < 4.78 is 11.0. The zero-order valence-corrected chi connectivity index (χ0v) is 14.1. The second-order valence-electron chi connectivity index (χ2n) is 6.68. The molecule has 6 heteroatoms. The number of aromatic nitrogens is 1. The monoisotopic (exact) mass is 340 g/mol. The number of pyridine rings is 1. The van der Waals surface area contributed by atoms with Crippen LogP contribution in [0.1, 0.15) is 35.0 Å². The smallest absolute Gasteiger partial charge is 0.261 e. The summed E-state index contributed by atoms with van der Waals surface area (Å²) in [5.41, 5.74) is 2.38. The SMILES string of the molecule is C[C@H]1CCc2[nH]c(=O)c(C(=O)Nc3ccc4c(c3)OCCO4)cc2C1. The van der Waals surface area contributed by atoms with E-state index in [1.807, 2.05) is 0 Å². The van der Waals surface area contributed by atoms with E-state index in [4.69, 9.17) is 9.47 Å². The van der Waals surface area contributed by atoms with Crippen LogP contribution in [0.2, 0.25) is 0 Å². The Morgan fingerprint density at radius 1 is 1.20 bits per heavy atom. The van der Waals surface area contributed by atoms with Crippen molar-refractivity contribution in [2.24, 2.45) is 5.92 Å². The van der Waals surface area contributed by atoms with Crippen LogP contribution < -0.4 is 20.3 Å². The fourth-order valence-corrected chi connectivity index (χ4v) is 3.37. The summed E-state index contributed by atoms with van der Waals surface area (Å²) in [4.78, 5) is 27.7. The molecule has 1 amide bonds. The lowest BCUT2D eigenvalue weighted by Gasteiger charge is -2.21. The predicted octanol–water partition coefficient (Wildman–Crippen LogP) is 2.52. The molecule has 0 saturated carbocycles. The topological polar surface area (TPSA) is 80.4 Å². The van der Waals surface area contributed by atoms with Crippen LogP contribution in [0, 0.1) is 5.92 Å². The molecule has 4 rings (SSSR count). The first kappa shape index (κ1) is 15.7. The van der Waals surface area contributed by atoms with E-state index in [9.17, 15) is 9.59 Å². The largest absolute Gasteiger partial charge is 0.486 e. The number of hydrogen-bond acceptors (Lipinski definition) is 4. The van der Waals surface area contributed by atoms with E-state index in [2.05, 4.69) is 17.2 Å². The zero-order valence-electron chi connectivity index (χ0n) is 14.1. The highest BCUT2D eigenvalue weighted by Crippen LogP contribution is 2.32. The van der Waals surface area contributed by atoms with E-state index >= 15 is 0 Å². The van der Waals surface area contributed by atoms with Gasteiger partial charge in [0.15, 0.2) is 11.5 Å². The van der Waals surface area contributed by atoms with Crippen LogP contribution in [0.25, 0.3) is 0 Å². The molecule has 0 spiro atoms. The molecule has 25 heavy (non-hydrogen) atoms. The molecule has 0 bridgehead atoms. The van der Waals surface area contributed by atoms with Crippen molar-refractivity contribution in [2.75, 3.05) is 18.5 Å². The van der Waals surface area contributed by atoms with Gasteiger partial charge in [0.2, 0.25) is 0 Å². The number of benzene rings is 1. The Bertz CT molecular complexity index is 887. The van der Waals surface area contributed by atoms with Crippen molar-refractivity contribution in [3.63, 3.8) is 0 Å². The van der Waals surface area contributed by atoms with E-state index in [0.717, 1.165) is 30.5 Å². The molecule has 6 nitrogen and oxygen atoms in total. The molecule has 1 aliphatic carbocycles. The summed E-state index contributed by atoms with van der Waals surface area (Å²) >= 11 is 0. The average molecular weight is 340 g/mol. The Kier molecular flexibility index (Phi) is 3.95. The Hall–Kier alpha value is -2.76. The van der Waals surface area contributed by atoms with Crippen LogP contribution >= 0.6 is 0 Å². The van der Waals surface area contributed by atoms with Crippen molar-refractivity contribution in [1.29, 1.82) is 0 Å². The van der Waals surface area contributed by atoms with E-state index in [-0.39, 0.29) is 11.1 Å². The molecule has 130 valence electrons. The van der Waals surface area contributed by atoms with Gasteiger partial charge in [-0.2, -0.15) is 0 Å². The van der Waals surface area contributed by atoms with Crippen LogP contribution in [-0.4, -0.2) is 24.1 Å². The van der Waals surface area contributed by atoms with Gasteiger partial charge < -0.3 is 19.8 Å². The number of fused-ring (bicyclic) bond motifs is 2. The Labute approximate surface area is 145 Å². The van der Waals surface area contributed by atoms with Gasteiger partial charge in [-0.1, -0.05) is 6.92 Å². The normalized spacial score (nSPS) is 18.4. The molecule has 0 unspecified atom stereocenters. The second-order valence-corrected chi connectivity index (χ2v) is 6.68. The minimum absolute atomic E-state index is 0.141. The van der Waals surface area contributed by atoms with Crippen LogP contribution in [0.15, 0.2) is 29.1 Å². The highest BCUT2D eigenvalue weighted by atomic mass is 16.6. The Morgan fingerprint density at radius 3 is 2.84 bits per heavy atom. The molecule has 1 aliphatic heterocycles. The number of H-pyrrole nitrogens is 1. The minimum Gasteiger partial charge on any atom is -0.486 e. The maximum atomic E-state index is 12.6. The predicted molar refractivity (Wildman–Crippen MR) is 93.6 cm³/mol. The molecule has 1 aromatic carbocycles. The number of anilines is 1. The molecular formula is C19H20N2O4. The number of carbonyl (C=O) groups is 1. The molecule has 0 fully saturated rings. The van der Waals surface area contributed by atoms with Crippen molar-refractivity contribution in [2.45, 2.75) is 26.2 Å². The minimum atomic E-state index is -0.418. The molecule has 0 radical (unpaired) electrons. The zero-order chi connectivity index (χ0) is 17.4. The van der Waals surface area contributed by atoms with Crippen LogP contribution in [0.4, 0.5) is 5.69 Å². The van der Waals surface area contributed by atoms with Crippen molar-refractivity contribution >= 4 is 11.6 Å². The number of amides is 1. The van der Waals surface area contributed by atoms with Crippen molar-refractivity contribution in [3.05, 3.63) is 51.4 Å². The lowest BCUT2D eigenvalue weighted by Crippen LogP contribution is -2.27. The summed E-state index contributed by atoms with van der Waals surface area (Å²) in [5.74, 6) is 1.40. The summed E-state index contributed by atoms with van der Waals surface area (Å²) in [6, 6.07) is 6.93. The molecule has 2 heterocycles. The van der Waals surface area contributed by atoms with Crippen molar-refractivity contribution in [3.8, 4) is 11.5 Å². The van der Waals surface area contributed by atoms with Gasteiger partial charge in [0.25, 0.3) is 11.5 Å². The Balaban J connectivity index is 1.59. The van der Waals surface area contributed by atoms with Gasteiger partial charge in [-0.3, -0.25) is 9.59 Å². The van der Waals surface area contributed by atoms with Gasteiger partial charge in [-0.15, -0.1) is 0 Å². The standard InChI is InChI=1S/C19H20N2O4/c1-11-2-4-15-12(8-11)9-14(19(23)21-15)18(22)20-13-3-5-16-17(10-13)25-7-6-24-16/h3,5,9-11H,2,4,6-8H2,1H3,(H,20,22)(H,21,23)/t11-/m0/s1.